The normalized spacial score (nSPS) is 9.15. The molecule has 0 heterocycles. The molecule has 1 nitrogen and oxygen atoms in total. The molecule has 0 unspecified atom stereocenters. The van der Waals surface area contributed by atoms with Gasteiger partial charge >= 0.3 is 0 Å². The van der Waals surface area contributed by atoms with E-state index in [1.165, 1.54) is 6.07 Å². The molecule has 68 valence electrons. The Balaban J connectivity index is 2.85. The SMILES string of the molecule is OCCC#Cc1ccc(F)cc1F. The van der Waals surface area contributed by atoms with Crippen LogP contribution in [-0.2, 0) is 0 Å². The number of benzene rings is 1. The lowest BCUT2D eigenvalue weighted by atomic mass is 10.2. The molecule has 13 heavy (non-hydrogen) atoms. The molecule has 0 aromatic heterocycles. The Morgan fingerprint density at radius 3 is 2.69 bits per heavy atom. The maximum absolute atomic E-state index is 12.9. The van der Waals surface area contributed by atoms with Crippen LogP contribution in [0.2, 0.25) is 0 Å². The van der Waals surface area contributed by atoms with Gasteiger partial charge in [0, 0.05) is 12.5 Å². The average molecular weight is 182 g/mol. The molecule has 1 aromatic rings. The van der Waals surface area contributed by atoms with Gasteiger partial charge in [0.15, 0.2) is 0 Å². The minimum atomic E-state index is -0.676. The highest BCUT2D eigenvalue weighted by Crippen LogP contribution is 2.07. The first kappa shape index (κ1) is 9.69. The van der Waals surface area contributed by atoms with Crippen molar-refractivity contribution in [2.24, 2.45) is 0 Å². The summed E-state index contributed by atoms with van der Waals surface area (Å²) in [5.74, 6) is 3.74. The number of hydrogen-bond acceptors (Lipinski definition) is 1. The van der Waals surface area contributed by atoms with Crippen molar-refractivity contribution in [1.82, 2.24) is 0 Å². The Morgan fingerprint density at radius 1 is 1.31 bits per heavy atom. The predicted molar refractivity (Wildman–Crippen MR) is 44.9 cm³/mol. The molecule has 0 aliphatic rings. The minimum absolute atomic E-state index is 0.0597. The lowest BCUT2D eigenvalue weighted by Crippen LogP contribution is -1.85. The van der Waals surface area contributed by atoms with Crippen molar-refractivity contribution < 1.29 is 13.9 Å². The molecule has 0 amide bonds. The number of rotatable bonds is 1. The van der Waals surface area contributed by atoms with E-state index in [9.17, 15) is 8.78 Å². The quantitative estimate of drug-likeness (QED) is 0.655. The van der Waals surface area contributed by atoms with Gasteiger partial charge in [0.05, 0.1) is 12.2 Å². The number of hydrogen-bond donors (Lipinski definition) is 1. The summed E-state index contributed by atoms with van der Waals surface area (Å²) in [7, 11) is 0. The average Bonchev–Trinajstić information content (AvgIpc) is 2.09. The second-order valence-corrected chi connectivity index (χ2v) is 2.40. The van der Waals surface area contributed by atoms with E-state index in [2.05, 4.69) is 11.8 Å². The lowest BCUT2D eigenvalue weighted by molar-refractivity contribution is 0.305. The molecule has 0 radical (unpaired) electrons. The van der Waals surface area contributed by atoms with E-state index in [-0.39, 0.29) is 18.6 Å². The first-order chi connectivity index (χ1) is 6.24. The molecule has 0 saturated carbocycles. The fourth-order valence-electron chi connectivity index (χ4n) is 0.804. The summed E-state index contributed by atoms with van der Waals surface area (Å²) in [4.78, 5) is 0. The first-order valence-electron chi connectivity index (χ1n) is 3.79. The third kappa shape index (κ3) is 2.85. The summed E-state index contributed by atoms with van der Waals surface area (Å²) >= 11 is 0. The Hall–Kier alpha value is -1.40. The van der Waals surface area contributed by atoms with E-state index in [1.54, 1.807) is 0 Å². The topological polar surface area (TPSA) is 20.2 Å². The number of aliphatic hydroxyl groups is 1. The van der Waals surface area contributed by atoms with Gasteiger partial charge < -0.3 is 5.11 Å². The summed E-state index contributed by atoms with van der Waals surface area (Å²) < 4.78 is 25.3. The van der Waals surface area contributed by atoms with Gasteiger partial charge in [-0.2, -0.15) is 0 Å². The summed E-state index contributed by atoms with van der Waals surface area (Å²) in [6.45, 7) is -0.0597. The van der Waals surface area contributed by atoms with Gasteiger partial charge in [-0.1, -0.05) is 11.8 Å². The number of halogens is 2. The zero-order valence-electron chi connectivity index (χ0n) is 6.85. The summed E-state index contributed by atoms with van der Waals surface area (Å²) in [5.41, 5.74) is 0.148. The number of aliphatic hydroxyl groups excluding tert-OH is 1. The Kier molecular flexibility index (Phi) is 3.41. The smallest absolute Gasteiger partial charge is 0.141 e. The molecule has 0 spiro atoms. The highest BCUT2D eigenvalue weighted by Gasteiger charge is 1.99. The van der Waals surface area contributed by atoms with E-state index >= 15 is 0 Å². The van der Waals surface area contributed by atoms with Gasteiger partial charge in [-0.3, -0.25) is 0 Å². The molecule has 1 aromatic carbocycles. The van der Waals surface area contributed by atoms with Gasteiger partial charge in [-0.15, -0.1) is 0 Å². The van der Waals surface area contributed by atoms with Crippen molar-refractivity contribution in [2.45, 2.75) is 6.42 Å². The van der Waals surface area contributed by atoms with Crippen LogP contribution in [0, 0.1) is 23.5 Å². The van der Waals surface area contributed by atoms with Crippen molar-refractivity contribution in [1.29, 1.82) is 0 Å². The van der Waals surface area contributed by atoms with Crippen LogP contribution >= 0.6 is 0 Å². The molecule has 3 heteroatoms. The van der Waals surface area contributed by atoms with Gasteiger partial charge in [0.25, 0.3) is 0 Å². The van der Waals surface area contributed by atoms with Crippen LogP contribution in [0.4, 0.5) is 8.78 Å². The van der Waals surface area contributed by atoms with E-state index in [4.69, 9.17) is 5.11 Å². The second-order valence-electron chi connectivity index (χ2n) is 2.40. The van der Waals surface area contributed by atoms with Crippen LogP contribution in [0.5, 0.6) is 0 Å². The van der Waals surface area contributed by atoms with Crippen LogP contribution in [0.25, 0.3) is 0 Å². The van der Waals surface area contributed by atoms with Gasteiger partial charge in [-0.05, 0) is 12.1 Å². The third-order valence-electron chi connectivity index (χ3n) is 1.39. The molecule has 0 fully saturated rings. The molecule has 0 saturated heterocycles. The second kappa shape index (κ2) is 4.58. The zero-order valence-corrected chi connectivity index (χ0v) is 6.85. The van der Waals surface area contributed by atoms with Crippen LogP contribution in [-0.4, -0.2) is 11.7 Å². The summed E-state index contributed by atoms with van der Waals surface area (Å²) in [5, 5.41) is 8.40. The van der Waals surface area contributed by atoms with Crippen LogP contribution in [0.3, 0.4) is 0 Å². The van der Waals surface area contributed by atoms with Gasteiger partial charge in [-0.25, -0.2) is 8.78 Å². The van der Waals surface area contributed by atoms with Gasteiger partial charge in [0.2, 0.25) is 0 Å². The summed E-state index contributed by atoms with van der Waals surface area (Å²) in [6, 6.07) is 3.20. The monoisotopic (exact) mass is 182 g/mol. The molecule has 0 bridgehead atoms. The van der Waals surface area contributed by atoms with Crippen molar-refractivity contribution in [3.8, 4) is 11.8 Å². The highest BCUT2D eigenvalue weighted by molar-refractivity contribution is 5.35. The Morgan fingerprint density at radius 2 is 2.08 bits per heavy atom. The first-order valence-corrected chi connectivity index (χ1v) is 3.79. The molecular formula is C10H8F2O. The van der Waals surface area contributed by atoms with Crippen LogP contribution in [0.1, 0.15) is 12.0 Å². The zero-order chi connectivity index (χ0) is 9.68. The predicted octanol–water partition coefficient (Wildman–Crippen LogP) is 1.70. The van der Waals surface area contributed by atoms with Crippen molar-refractivity contribution >= 4 is 0 Å². The highest BCUT2D eigenvalue weighted by atomic mass is 19.1. The standard InChI is InChI=1S/C10H8F2O/c11-9-5-4-8(10(12)7-9)3-1-2-6-13/h4-5,7,13H,2,6H2. The van der Waals surface area contributed by atoms with E-state index < -0.39 is 11.6 Å². The molecule has 0 aliphatic heterocycles. The summed E-state index contributed by atoms with van der Waals surface area (Å²) in [6.07, 6.45) is 0.289. The van der Waals surface area contributed by atoms with E-state index in [0.717, 1.165) is 12.1 Å². The molecule has 0 atom stereocenters. The molecule has 1 N–H and O–H groups in total. The molecule has 0 aliphatic carbocycles. The third-order valence-corrected chi connectivity index (χ3v) is 1.39. The van der Waals surface area contributed by atoms with Crippen molar-refractivity contribution in [3.63, 3.8) is 0 Å². The largest absolute Gasteiger partial charge is 0.395 e. The van der Waals surface area contributed by atoms with E-state index in [1.807, 2.05) is 0 Å². The lowest BCUT2D eigenvalue weighted by Gasteiger charge is -1.93. The maximum atomic E-state index is 12.9. The molecule has 1 rings (SSSR count). The fraction of sp³-hybridized carbons (Fsp3) is 0.200. The minimum Gasteiger partial charge on any atom is -0.395 e. The Labute approximate surface area is 75.0 Å². The fourth-order valence-corrected chi connectivity index (χ4v) is 0.804. The van der Waals surface area contributed by atoms with Gasteiger partial charge in [0.1, 0.15) is 11.6 Å². The maximum Gasteiger partial charge on any atom is 0.141 e. The van der Waals surface area contributed by atoms with Crippen molar-refractivity contribution in [3.05, 3.63) is 35.4 Å². The molecular weight excluding hydrogens is 174 g/mol. The van der Waals surface area contributed by atoms with Crippen LogP contribution < -0.4 is 0 Å². The Bertz CT molecular complexity index is 350. The van der Waals surface area contributed by atoms with Crippen LogP contribution in [0.15, 0.2) is 18.2 Å². The van der Waals surface area contributed by atoms with Crippen molar-refractivity contribution in [2.75, 3.05) is 6.61 Å². The van der Waals surface area contributed by atoms with E-state index in [0.29, 0.717) is 0 Å².